The molecule has 0 bridgehead atoms. The minimum atomic E-state index is -0.530. The first-order valence-electron chi connectivity index (χ1n) is 5.75. The van der Waals surface area contributed by atoms with Crippen LogP contribution >= 0.6 is 0 Å². The maximum atomic E-state index is 10.9. The molecule has 1 aromatic carbocycles. The Hall–Kier alpha value is -2.13. The summed E-state index contributed by atoms with van der Waals surface area (Å²) in [4.78, 5) is 10.4. The fourth-order valence-corrected chi connectivity index (χ4v) is 1.94. The number of nitro groups is 1. The second-order valence-electron chi connectivity index (χ2n) is 4.16. The predicted molar refractivity (Wildman–Crippen MR) is 64.3 cm³/mol. The average molecular weight is 247 g/mol. The molecule has 6 nitrogen and oxygen atoms in total. The highest BCUT2D eigenvalue weighted by Crippen LogP contribution is 2.28. The molecule has 0 spiro atoms. The van der Waals surface area contributed by atoms with Crippen LogP contribution in [0.4, 0.5) is 5.69 Å². The van der Waals surface area contributed by atoms with E-state index < -0.39 is 4.92 Å². The quantitative estimate of drug-likeness (QED) is 0.644. The summed E-state index contributed by atoms with van der Waals surface area (Å²) in [6.07, 6.45) is 2.12. The van der Waals surface area contributed by atoms with Crippen LogP contribution in [0.2, 0.25) is 0 Å². The fourth-order valence-electron chi connectivity index (χ4n) is 1.94. The second-order valence-corrected chi connectivity index (χ2v) is 4.16. The van der Waals surface area contributed by atoms with Gasteiger partial charge in [0.1, 0.15) is 6.61 Å². The van der Waals surface area contributed by atoms with Crippen LogP contribution in [0.25, 0.3) is 0 Å². The summed E-state index contributed by atoms with van der Waals surface area (Å²) >= 11 is 0. The number of rotatable bonds is 4. The minimum absolute atomic E-state index is 0.160. The van der Waals surface area contributed by atoms with Crippen LogP contribution in [-0.4, -0.2) is 24.1 Å². The van der Waals surface area contributed by atoms with Gasteiger partial charge in [-0.15, -0.1) is 0 Å². The molecule has 2 rings (SSSR count). The zero-order valence-corrected chi connectivity index (χ0v) is 9.76. The Balaban J connectivity index is 2.11. The number of hydrogen-bond donors (Lipinski definition) is 1. The van der Waals surface area contributed by atoms with Gasteiger partial charge in [-0.3, -0.25) is 10.1 Å². The lowest BCUT2D eigenvalue weighted by molar-refractivity contribution is -0.385. The highest BCUT2D eigenvalue weighted by atomic mass is 16.6. The minimum Gasteiger partial charge on any atom is -0.485 e. The van der Waals surface area contributed by atoms with E-state index in [1.807, 2.05) is 6.07 Å². The maximum absolute atomic E-state index is 10.9. The smallest absolute Gasteiger partial charge is 0.312 e. The van der Waals surface area contributed by atoms with Crippen LogP contribution in [0.3, 0.4) is 0 Å². The molecular formula is C12H13N3O3. The van der Waals surface area contributed by atoms with Crippen LogP contribution < -0.4 is 10.1 Å². The standard InChI is InChI=1S/C12H13N3O3/c13-7-9-3-4-12(11(6-9)15(16)17)18-8-10-2-1-5-14-10/h3-4,6,10,14H,1-2,5,8H2/t10-/m1/s1. The molecule has 0 unspecified atom stereocenters. The van der Waals surface area contributed by atoms with Gasteiger partial charge in [0.2, 0.25) is 0 Å². The van der Waals surface area contributed by atoms with E-state index in [0.29, 0.717) is 6.61 Å². The second kappa shape index (κ2) is 5.47. The molecular weight excluding hydrogens is 234 g/mol. The van der Waals surface area contributed by atoms with Crippen molar-refractivity contribution in [3.63, 3.8) is 0 Å². The molecule has 0 aromatic heterocycles. The van der Waals surface area contributed by atoms with Gasteiger partial charge in [-0.05, 0) is 31.5 Å². The summed E-state index contributed by atoms with van der Waals surface area (Å²) < 4.78 is 5.47. The molecule has 1 heterocycles. The summed E-state index contributed by atoms with van der Waals surface area (Å²) in [5.74, 6) is 0.215. The third kappa shape index (κ3) is 2.76. The van der Waals surface area contributed by atoms with Crippen LogP contribution in [0.5, 0.6) is 5.75 Å². The first-order valence-corrected chi connectivity index (χ1v) is 5.75. The molecule has 0 saturated carbocycles. The number of benzene rings is 1. The summed E-state index contributed by atoms with van der Waals surface area (Å²) in [6.45, 7) is 1.37. The van der Waals surface area contributed by atoms with Crippen molar-refractivity contribution in [2.24, 2.45) is 0 Å². The summed E-state index contributed by atoms with van der Waals surface area (Å²) in [5.41, 5.74) is 0.0973. The van der Waals surface area contributed by atoms with Gasteiger partial charge in [0, 0.05) is 12.1 Å². The Kier molecular flexibility index (Phi) is 3.75. The molecule has 1 N–H and O–H groups in total. The molecule has 1 atom stereocenters. The highest BCUT2D eigenvalue weighted by molar-refractivity contribution is 5.51. The van der Waals surface area contributed by atoms with E-state index in [0.717, 1.165) is 19.4 Å². The number of nitro benzene ring substituents is 1. The highest BCUT2D eigenvalue weighted by Gasteiger charge is 2.19. The third-order valence-corrected chi connectivity index (χ3v) is 2.89. The maximum Gasteiger partial charge on any atom is 0.312 e. The third-order valence-electron chi connectivity index (χ3n) is 2.89. The molecule has 1 aromatic rings. The number of hydrogen-bond acceptors (Lipinski definition) is 5. The first kappa shape index (κ1) is 12.3. The first-order chi connectivity index (χ1) is 8.70. The molecule has 1 saturated heterocycles. The molecule has 6 heteroatoms. The van der Waals surface area contributed by atoms with Crippen molar-refractivity contribution < 1.29 is 9.66 Å². The lowest BCUT2D eigenvalue weighted by Gasteiger charge is -2.12. The monoisotopic (exact) mass is 247 g/mol. The van der Waals surface area contributed by atoms with Crippen LogP contribution in [0.15, 0.2) is 18.2 Å². The predicted octanol–water partition coefficient (Wildman–Crippen LogP) is 1.60. The topological polar surface area (TPSA) is 88.2 Å². The molecule has 94 valence electrons. The van der Waals surface area contributed by atoms with Gasteiger partial charge in [0.15, 0.2) is 5.75 Å². The lowest BCUT2D eigenvalue weighted by atomic mass is 10.2. The van der Waals surface area contributed by atoms with Gasteiger partial charge in [-0.2, -0.15) is 5.26 Å². The summed E-state index contributed by atoms with van der Waals surface area (Å²) in [6, 6.07) is 6.35. The van der Waals surface area contributed by atoms with E-state index in [1.165, 1.54) is 18.2 Å². The van der Waals surface area contributed by atoms with Crippen molar-refractivity contribution in [2.45, 2.75) is 18.9 Å². The zero-order valence-electron chi connectivity index (χ0n) is 9.76. The number of ether oxygens (including phenoxy) is 1. The number of nitrogens with zero attached hydrogens (tertiary/aromatic N) is 2. The van der Waals surface area contributed by atoms with E-state index in [2.05, 4.69) is 5.32 Å². The van der Waals surface area contributed by atoms with Gasteiger partial charge in [-0.1, -0.05) is 0 Å². The van der Waals surface area contributed by atoms with Gasteiger partial charge in [0.25, 0.3) is 0 Å². The zero-order chi connectivity index (χ0) is 13.0. The van der Waals surface area contributed by atoms with Gasteiger partial charge in [0.05, 0.1) is 16.6 Å². The normalized spacial score (nSPS) is 18.3. The van der Waals surface area contributed by atoms with Crippen LogP contribution in [0, 0.1) is 21.4 Å². The Morgan fingerprint density at radius 3 is 3.06 bits per heavy atom. The largest absolute Gasteiger partial charge is 0.485 e. The van der Waals surface area contributed by atoms with Crippen molar-refractivity contribution in [1.29, 1.82) is 5.26 Å². The number of nitrogens with one attached hydrogen (secondary N) is 1. The van der Waals surface area contributed by atoms with E-state index in [1.54, 1.807) is 0 Å². The van der Waals surface area contributed by atoms with E-state index in [4.69, 9.17) is 10.00 Å². The van der Waals surface area contributed by atoms with Crippen molar-refractivity contribution in [3.05, 3.63) is 33.9 Å². The molecule has 1 fully saturated rings. The Morgan fingerprint density at radius 2 is 2.44 bits per heavy atom. The van der Waals surface area contributed by atoms with Gasteiger partial charge >= 0.3 is 5.69 Å². The summed E-state index contributed by atoms with van der Waals surface area (Å²) in [7, 11) is 0. The molecule has 0 radical (unpaired) electrons. The van der Waals surface area contributed by atoms with E-state index in [-0.39, 0.29) is 23.0 Å². The fraction of sp³-hybridized carbons (Fsp3) is 0.417. The van der Waals surface area contributed by atoms with Crippen LogP contribution in [0.1, 0.15) is 18.4 Å². The van der Waals surface area contributed by atoms with Crippen LogP contribution in [-0.2, 0) is 0 Å². The van der Waals surface area contributed by atoms with Crippen molar-refractivity contribution in [1.82, 2.24) is 5.32 Å². The molecule has 0 aliphatic carbocycles. The van der Waals surface area contributed by atoms with Gasteiger partial charge < -0.3 is 10.1 Å². The molecule has 1 aliphatic rings. The number of nitriles is 1. The van der Waals surface area contributed by atoms with E-state index >= 15 is 0 Å². The van der Waals surface area contributed by atoms with E-state index in [9.17, 15) is 10.1 Å². The Labute approximate surface area is 104 Å². The Bertz CT molecular complexity index is 490. The lowest BCUT2D eigenvalue weighted by Crippen LogP contribution is -2.28. The van der Waals surface area contributed by atoms with Gasteiger partial charge in [-0.25, -0.2) is 0 Å². The van der Waals surface area contributed by atoms with Crippen molar-refractivity contribution >= 4 is 5.69 Å². The molecule has 18 heavy (non-hydrogen) atoms. The van der Waals surface area contributed by atoms with Crippen molar-refractivity contribution in [2.75, 3.05) is 13.2 Å². The molecule has 1 aliphatic heterocycles. The SMILES string of the molecule is N#Cc1ccc(OC[C@H]2CCCN2)c([N+](=O)[O-])c1. The van der Waals surface area contributed by atoms with Crippen molar-refractivity contribution in [3.8, 4) is 11.8 Å². The summed E-state index contributed by atoms with van der Waals surface area (Å²) in [5, 5.41) is 22.9. The molecule has 0 amide bonds. The average Bonchev–Trinajstić information content (AvgIpc) is 2.89. The Morgan fingerprint density at radius 1 is 1.61 bits per heavy atom.